The highest BCUT2D eigenvalue weighted by Gasteiger charge is 1.59. The van der Waals surface area contributed by atoms with Crippen LogP contribution in [-0.4, -0.2) is 4.98 Å². The van der Waals surface area contributed by atoms with Gasteiger partial charge in [-0.3, -0.25) is 4.98 Å². The highest BCUT2D eigenvalue weighted by molar-refractivity contribution is 8.93. The minimum atomic E-state index is 0. The van der Waals surface area contributed by atoms with Gasteiger partial charge in [0.25, 0.3) is 0 Å². The minimum Gasteiger partial charge on any atom is -0.253 e. The number of aromatic nitrogens is 1. The predicted octanol–water partition coefficient (Wildman–Crippen LogP) is 1.72. The summed E-state index contributed by atoms with van der Waals surface area (Å²) >= 11 is 1.60. The van der Waals surface area contributed by atoms with Crippen molar-refractivity contribution in [3.8, 4) is 0 Å². The third-order valence-electron chi connectivity index (χ3n) is 0.347. The Morgan fingerprint density at radius 3 is 2.50 bits per heavy atom. The lowest BCUT2D eigenvalue weighted by Gasteiger charge is -1.41. The molecule has 0 spiro atoms. The van der Waals surface area contributed by atoms with Gasteiger partial charge in [-0.15, -0.1) is 28.3 Å². The molecule has 1 nitrogen and oxygen atoms in total. The summed E-state index contributed by atoms with van der Waals surface area (Å²) in [5, 5.41) is 1.93. The molecule has 1 rings (SSSR count). The lowest BCUT2D eigenvalue weighted by atomic mass is 11.0. The summed E-state index contributed by atoms with van der Waals surface area (Å²) in [6.45, 7) is 0. The van der Waals surface area contributed by atoms with Gasteiger partial charge in [0, 0.05) is 11.6 Å². The van der Waals surface area contributed by atoms with Crippen molar-refractivity contribution in [2.24, 2.45) is 0 Å². The molecule has 6 heavy (non-hydrogen) atoms. The molecule has 0 aliphatic heterocycles. The van der Waals surface area contributed by atoms with E-state index >= 15 is 0 Å². The molecule has 0 fully saturated rings. The number of halogens is 1. The maximum atomic E-state index is 3.74. The van der Waals surface area contributed by atoms with Gasteiger partial charge in [-0.2, -0.15) is 0 Å². The number of hydrogen-bond acceptors (Lipinski definition) is 2. The molecule has 1 aromatic rings. The fourth-order valence-corrected chi connectivity index (χ4v) is 0.527. The van der Waals surface area contributed by atoms with Gasteiger partial charge in [-0.1, -0.05) is 0 Å². The highest BCUT2D eigenvalue weighted by atomic mass is 79.9. The first-order valence-corrected chi connectivity index (χ1v) is 2.26. The van der Waals surface area contributed by atoms with E-state index in [2.05, 4.69) is 4.98 Å². The standard InChI is InChI=1S/C3H3NS.BrH/c1-2-5-3-4-1;/h1-3H;1H. The molecule has 0 saturated carbocycles. The van der Waals surface area contributed by atoms with Gasteiger partial charge >= 0.3 is 0 Å². The van der Waals surface area contributed by atoms with E-state index in [0.29, 0.717) is 0 Å². The highest BCUT2D eigenvalue weighted by Crippen LogP contribution is 1.85. The third kappa shape index (κ3) is 1.52. The van der Waals surface area contributed by atoms with Crippen molar-refractivity contribution in [1.29, 1.82) is 0 Å². The molecule has 1 aromatic heterocycles. The molecule has 0 radical (unpaired) electrons. The number of thiazole rings is 1. The molecular formula is C3H4BrNS. The van der Waals surface area contributed by atoms with Crippen LogP contribution in [0.3, 0.4) is 0 Å². The van der Waals surface area contributed by atoms with Crippen molar-refractivity contribution in [1.82, 2.24) is 4.98 Å². The average molecular weight is 166 g/mol. The van der Waals surface area contributed by atoms with Crippen molar-refractivity contribution in [2.75, 3.05) is 0 Å². The van der Waals surface area contributed by atoms with Crippen molar-refractivity contribution >= 4 is 28.3 Å². The van der Waals surface area contributed by atoms with Gasteiger partial charge in [0.15, 0.2) is 0 Å². The third-order valence-corrected chi connectivity index (χ3v) is 0.869. The van der Waals surface area contributed by atoms with Crippen LogP contribution in [-0.2, 0) is 0 Å². The topological polar surface area (TPSA) is 12.9 Å². The molecular weight excluding hydrogens is 162 g/mol. The van der Waals surface area contributed by atoms with Crippen LogP contribution in [0.25, 0.3) is 0 Å². The first-order chi connectivity index (χ1) is 2.50. The molecule has 34 valence electrons. The quantitative estimate of drug-likeness (QED) is 0.571. The SMILES string of the molecule is Br.c1cscn1. The van der Waals surface area contributed by atoms with Crippen LogP contribution in [0.5, 0.6) is 0 Å². The Bertz CT molecular complexity index is 67.3. The van der Waals surface area contributed by atoms with Gasteiger partial charge in [0.1, 0.15) is 0 Å². The second-order valence-corrected chi connectivity index (χ2v) is 1.43. The van der Waals surface area contributed by atoms with Crippen molar-refractivity contribution in [2.45, 2.75) is 0 Å². The van der Waals surface area contributed by atoms with E-state index in [1.165, 1.54) is 0 Å². The fraction of sp³-hybridized carbons (Fsp3) is 0. The van der Waals surface area contributed by atoms with E-state index < -0.39 is 0 Å². The van der Waals surface area contributed by atoms with Crippen molar-refractivity contribution in [3.05, 3.63) is 17.1 Å². The van der Waals surface area contributed by atoms with Gasteiger partial charge in [-0.25, -0.2) is 0 Å². The zero-order chi connectivity index (χ0) is 3.54. The Hall–Kier alpha value is 0.110. The van der Waals surface area contributed by atoms with Gasteiger partial charge in [0.05, 0.1) is 5.51 Å². The number of rotatable bonds is 0. The maximum absolute atomic E-state index is 3.74. The molecule has 0 aromatic carbocycles. The van der Waals surface area contributed by atoms with Crippen LogP contribution in [0, 0.1) is 0 Å². The zero-order valence-corrected chi connectivity index (χ0v) is 5.53. The summed E-state index contributed by atoms with van der Waals surface area (Å²) in [4.78, 5) is 3.74. The molecule has 3 heteroatoms. The molecule has 0 amide bonds. The van der Waals surface area contributed by atoms with E-state index in [0.717, 1.165) is 0 Å². The minimum absolute atomic E-state index is 0. The fourth-order valence-electron chi connectivity index (χ4n) is 0.176. The Morgan fingerprint density at radius 2 is 2.33 bits per heavy atom. The van der Waals surface area contributed by atoms with Crippen LogP contribution in [0.2, 0.25) is 0 Å². The van der Waals surface area contributed by atoms with Crippen LogP contribution < -0.4 is 0 Å². The summed E-state index contributed by atoms with van der Waals surface area (Å²) in [6.07, 6.45) is 1.77. The lowest BCUT2D eigenvalue weighted by molar-refractivity contribution is 1.43. The van der Waals surface area contributed by atoms with Crippen molar-refractivity contribution in [3.63, 3.8) is 0 Å². The van der Waals surface area contributed by atoms with Crippen molar-refractivity contribution < 1.29 is 0 Å². The average Bonchev–Trinajstić information content (AvgIpc) is 1.76. The summed E-state index contributed by atoms with van der Waals surface area (Å²) < 4.78 is 0. The molecule has 1 heterocycles. The number of nitrogens with zero attached hydrogens (tertiary/aromatic N) is 1. The predicted molar refractivity (Wildman–Crippen MR) is 32.4 cm³/mol. The van der Waals surface area contributed by atoms with E-state index in [9.17, 15) is 0 Å². The Labute approximate surface area is 50.8 Å². The van der Waals surface area contributed by atoms with Crippen LogP contribution in [0.1, 0.15) is 0 Å². The molecule has 0 N–H and O–H groups in total. The van der Waals surface area contributed by atoms with E-state index in [1.807, 2.05) is 5.38 Å². The molecule has 0 aliphatic carbocycles. The van der Waals surface area contributed by atoms with E-state index in [1.54, 1.807) is 23.0 Å². The normalized spacial score (nSPS) is 6.67. The first-order valence-electron chi connectivity index (χ1n) is 1.32. The largest absolute Gasteiger partial charge is 0.253 e. The number of hydrogen-bond donors (Lipinski definition) is 0. The Morgan fingerprint density at radius 1 is 1.50 bits per heavy atom. The summed E-state index contributed by atoms with van der Waals surface area (Å²) in [5.74, 6) is 0. The molecule has 0 atom stereocenters. The smallest absolute Gasteiger partial charge is 0.0791 e. The van der Waals surface area contributed by atoms with Gasteiger partial charge < -0.3 is 0 Å². The van der Waals surface area contributed by atoms with Crippen LogP contribution in [0.15, 0.2) is 17.1 Å². The zero-order valence-electron chi connectivity index (χ0n) is 3.00. The summed E-state index contributed by atoms with van der Waals surface area (Å²) in [5.41, 5.74) is 1.79. The van der Waals surface area contributed by atoms with E-state index in [4.69, 9.17) is 0 Å². The monoisotopic (exact) mass is 165 g/mol. The summed E-state index contributed by atoms with van der Waals surface area (Å²) in [7, 11) is 0. The molecule has 0 saturated heterocycles. The molecule has 0 bridgehead atoms. The van der Waals surface area contributed by atoms with E-state index in [-0.39, 0.29) is 17.0 Å². The maximum Gasteiger partial charge on any atom is 0.0791 e. The second-order valence-electron chi connectivity index (χ2n) is 0.676. The van der Waals surface area contributed by atoms with Crippen LogP contribution >= 0.6 is 28.3 Å². The Balaban J connectivity index is 0.000000250. The Kier molecular flexibility index (Phi) is 3.37. The lowest BCUT2D eigenvalue weighted by Crippen LogP contribution is -1.38. The van der Waals surface area contributed by atoms with Crippen LogP contribution in [0.4, 0.5) is 0 Å². The van der Waals surface area contributed by atoms with Gasteiger partial charge in [0.2, 0.25) is 0 Å². The van der Waals surface area contributed by atoms with Gasteiger partial charge in [-0.05, 0) is 0 Å². The molecule has 0 unspecified atom stereocenters. The first kappa shape index (κ1) is 6.11. The second kappa shape index (κ2) is 3.31. The molecule has 0 aliphatic rings. The summed E-state index contributed by atoms with van der Waals surface area (Å²) in [6, 6.07) is 0.